The Morgan fingerprint density at radius 3 is 2.42 bits per heavy atom. The first-order chi connectivity index (χ1) is 11.5. The Hall–Kier alpha value is -2.37. The van der Waals surface area contributed by atoms with Gasteiger partial charge in [0.1, 0.15) is 11.5 Å². The van der Waals surface area contributed by atoms with Crippen molar-refractivity contribution in [3.05, 3.63) is 52.8 Å². The van der Waals surface area contributed by atoms with Crippen LogP contribution in [0.2, 0.25) is 10.0 Å². The van der Waals surface area contributed by atoms with Crippen molar-refractivity contribution in [1.29, 1.82) is 0 Å². The van der Waals surface area contributed by atoms with Crippen LogP contribution in [0, 0.1) is 0 Å². The SMILES string of the molecule is CC(=O)Nc1c(-c2ccncc2)c(-c2ccc(Cl)c(Cl)c2)nn1C. The van der Waals surface area contributed by atoms with Gasteiger partial charge in [-0.05, 0) is 29.8 Å². The molecule has 0 saturated heterocycles. The van der Waals surface area contributed by atoms with Crippen LogP contribution >= 0.6 is 23.2 Å². The summed E-state index contributed by atoms with van der Waals surface area (Å²) in [5.41, 5.74) is 3.20. The van der Waals surface area contributed by atoms with E-state index in [9.17, 15) is 4.79 Å². The number of aromatic nitrogens is 3. The van der Waals surface area contributed by atoms with Crippen molar-refractivity contribution < 1.29 is 4.79 Å². The molecule has 0 fully saturated rings. The quantitative estimate of drug-likeness (QED) is 0.752. The van der Waals surface area contributed by atoms with E-state index in [4.69, 9.17) is 23.2 Å². The molecule has 0 atom stereocenters. The summed E-state index contributed by atoms with van der Waals surface area (Å²) in [4.78, 5) is 15.6. The van der Waals surface area contributed by atoms with E-state index in [0.717, 1.165) is 16.7 Å². The van der Waals surface area contributed by atoms with E-state index in [1.807, 2.05) is 18.2 Å². The third-order valence-corrected chi connectivity index (χ3v) is 4.24. The summed E-state index contributed by atoms with van der Waals surface area (Å²) in [5, 5.41) is 8.32. The average Bonchev–Trinajstić information content (AvgIpc) is 2.87. The highest BCUT2D eigenvalue weighted by Crippen LogP contribution is 2.38. The molecule has 2 aromatic heterocycles. The monoisotopic (exact) mass is 360 g/mol. The summed E-state index contributed by atoms with van der Waals surface area (Å²) in [6.45, 7) is 1.46. The van der Waals surface area contributed by atoms with Crippen molar-refractivity contribution in [3.63, 3.8) is 0 Å². The number of rotatable bonds is 3. The van der Waals surface area contributed by atoms with Crippen LogP contribution in [-0.2, 0) is 11.8 Å². The normalized spacial score (nSPS) is 10.7. The Balaban J connectivity index is 2.26. The lowest BCUT2D eigenvalue weighted by molar-refractivity contribution is -0.114. The second kappa shape index (κ2) is 6.63. The summed E-state index contributed by atoms with van der Waals surface area (Å²) >= 11 is 12.2. The fourth-order valence-electron chi connectivity index (χ4n) is 2.47. The molecule has 1 aromatic carbocycles. The van der Waals surface area contributed by atoms with Crippen molar-refractivity contribution in [2.75, 3.05) is 5.32 Å². The molecule has 24 heavy (non-hydrogen) atoms. The number of carbonyl (C=O) groups excluding carboxylic acids is 1. The lowest BCUT2D eigenvalue weighted by atomic mass is 10.0. The molecule has 0 spiro atoms. The molecule has 0 unspecified atom stereocenters. The molecule has 122 valence electrons. The molecule has 0 aliphatic carbocycles. The summed E-state index contributed by atoms with van der Waals surface area (Å²) in [6, 6.07) is 9.06. The van der Waals surface area contributed by atoms with Gasteiger partial charge in [-0.3, -0.25) is 14.5 Å². The minimum Gasteiger partial charge on any atom is -0.311 e. The van der Waals surface area contributed by atoms with Crippen LogP contribution in [0.5, 0.6) is 0 Å². The molecular weight excluding hydrogens is 347 g/mol. The van der Waals surface area contributed by atoms with Gasteiger partial charge in [0.2, 0.25) is 5.91 Å². The number of benzene rings is 1. The molecule has 5 nitrogen and oxygen atoms in total. The third-order valence-electron chi connectivity index (χ3n) is 3.50. The smallest absolute Gasteiger partial charge is 0.222 e. The number of hydrogen-bond acceptors (Lipinski definition) is 3. The first-order valence-corrected chi connectivity index (χ1v) is 7.93. The minimum absolute atomic E-state index is 0.172. The maximum atomic E-state index is 11.6. The van der Waals surface area contributed by atoms with Gasteiger partial charge < -0.3 is 5.32 Å². The number of carbonyl (C=O) groups is 1. The van der Waals surface area contributed by atoms with Gasteiger partial charge in [0.15, 0.2) is 0 Å². The van der Waals surface area contributed by atoms with E-state index < -0.39 is 0 Å². The Morgan fingerprint density at radius 1 is 1.08 bits per heavy atom. The van der Waals surface area contributed by atoms with Gasteiger partial charge in [0, 0.05) is 31.9 Å². The number of nitrogens with zero attached hydrogens (tertiary/aromatic N) is 3. The van der Waals surface area contributed by atoms with Gasteiger partial charge in [0.05, 0.1) is 15.6 Å². The van der Waals surface area contributed by atoms with Gasteiger partial charge in [-0.15, -0.1) is 0 Å². The zero-order valence-electron chi connectivity index (χ0n) is 13.0. The van der Waals surface area contributed by atoms with Crippen LogP contribution < -0.4 is 5.32 Å². The van der Waals surface area contributed by atoms with Crippen molar-refractivity contribution in [3.8, 4) is 22.4 Å². The molecule has 0 aliphatic heterocycles. The number of amides is 1. The first kappa shape index (κ1) is 16.5. The predicted molar refractivity (Wildman–Crippen MR) is 96.2 cm³/mol. The second-order valence-electron chi connectivity index (χ2n) is 5.24. The molecule has 3 aromatic rings. The lowest BCUT2D eigenvalue weighted by Gasteiger charge is -2.08. The van der Waals surface area contributed by atoms with E-state index in [-0.39, 0.29) is 5.91 Å². The summed E-state index contributed by atoms with van der Waals surface area (Å²) in [7, 11) is 1.77. The molecule has 0 saturated carbocycles. The van der Waals surface area contributed by atoms with Gasteiger partial charge in [-0.25, -0.2) is 0 Å². The van der Waals surface area contributed by atoms with E-state index in [1.165, 1.54) is 6.92 Å². The van der Waals surface area contributed by atoms with Gasteiger partial charge in [0.25, 0.3) is 0 Å². The van der Waals surface area contributed by atoms with Crippen LogP contribution in [0.25, 0.3) is 22.4 Å². The van der Waals surface area contributed by atoms with Crippen LogP contribution in [0.15, 0.2) is 42.7 Å². The highest BCUT2D eigenvalue weighted by atomic mass is 35.5. The molecule has 1 amide bonds. The van der Waals surface area contributed by atoms with E-state index in [0.29, 0.717) is 21.6 Å². The Labute approximate surface area is 149 Å². The number of aryl methyl sites for hydroxylation is 1. The molecule has 1 N–H and O–H groups in total. The molecule has 3 rings (SSSR count). The lowest BCUT2D eigenvalue weighted by Crippen LogP contribution is -2.10. The third kappa shape index (κ3) is 3.13. The Bertz CT molecular complexity index is 906. The molecule has 7 heteroatoms. The molecule has 2 heterocycles. The zero-order valence-corrected chi connectivity index (χ0v) is 14.6. The number of pyridine rings is 1. The van der Waals surface area contributed by atoms with Crippen molar-refractivity contribution in [2.24, 2.45) is 7.05 Å². The molecule has 0 aliphatic rings. The Morgan fingerprint density at radius 2 is 1.79 bits per heavy atom. The van der Waals surface area contributed by atoms with Crippen LogP contribution in [0.1, 0.15) is 6.92 Å². The largest absolute Gasteiger partial charge is 0.311 e. The predicted octanol–water partition coefficient (Wildman–Crippen LogP) is 4.41. The number of halogens is 2. The van der Waals surface area contributed by atoms with Crippen molar-refractivity contribution >= 4 is 34.9 Å². The number of hydrogen-bond donors (Lipinski definition) is 1. The fourth-order valence-corrected chi connectivity index (χ4v) is 2.77. The van der Waals surface area contributed by atoms with Gasteiger partial charge >= 0.3 is 0 Å². The Kier molecular flexibility index (Phi) is 4.55. The maximum Gasteiger partial charge on any atom is 0.222 e. The number of anilines is 1. The molecular formula is C17H14Cl2N4O. The van der Waals surface area contributed by atoms with E-state index in [1.54, 1.807) is 36.3 Å². The van der Waals surface area contributed by atoms with Gasteiger partial charge in [-0.1, -0.05) is 29.3 Å². The molecule has 0 radical (unpaired) electrons. The topological polar surface area (TPSA) is 59.8 Å². The van der Waals surface area contributed by atoms with E-state index in [2.05, 4.69) is 15.4 Å². The van der Waals surface area contributed by atoms with Crippen molar-refractivity contribution in [2.45, 2.75) is 6.92 Å². The number of nitrogens with one attached hydrogen (secondary N) is 1. The summed E-state index contributed by atoms with van der Waals surface area (Å²) in [5.74, 6) is 0.434. The average molecular weight is 361 g/mol. The maximum absolute atomic E-state index is 11.6. The van der Waals surface area contributed by atoms with Gasteiger partial charge in [-0.2, -0.15) is 5.10 Å². The van der Waals surface area contributed by atoms with Crippen LogP contribution in [-0.4, -0.2) is 20.7 Å². The van der Waals surface area contributed by atoms with E-state index >= 15 is 0 Å². The summed E-state index contributed by atoms with van der Waals surface area (Å²) in [6.07, 6.45) is 3.39. The molecule has 0 bridgehead atoms. The first-order valence-electron chi connectivity index (χ1n) is 7.17. The van der Waals surface area contributed by atoms with Crippen molar-refractivity contribution in [1.82, 2.24) is 14.8 Å². The summed E-state index contributed by atoms with van der Waals surface area (Å²) < 4.78 is 1.63. The standard InChI is InChI=1S/C17H14Cl2N4O/c1-10(24)21-17-15(11-5-7-20-8-6-11)16(22-23(17)2)12-3-4-13(18)14(19)9-12/h3-9H,1-2H3,(H,21,24). The zero-order chi connectivity index (χ0) is 17.3. The fraction of sp³-hybridized carbons (Fsp3) is 0.118. The van der Waals surface area contributed by atoms with Crippen LogP contribution in [0.3, 0.4) is 0 Å². The van der Waals surface area contributed by atoms with Crippen LogP contribution in [0.4, 0.5) is 5.82 Å². The minimum atomic E-state index is -0.172. The highest BCUT2D eigenvalue weighted by Gasteiger charge is 2.20. The highest BCUT2D eigenvalue weighted by molar-refractivity contribution is 6.42. The second-order valence-corrected chi connectivity index (χ2v) is 6.06.